The van der Waals surface area contributed by atoms with Crippen LogP contribution in [0.3, 0.4) is 0 Å². The number of aromatic carboxylic acids is 1. The lowest BCUT2D eigenvalue weighted by Crippen LogP contribution is -2.30. The van der Waals surface area contributed by atoms with Crippen LogP contribution in [0.15, 0.2) is 65.6 Å². The highest BCUT2D eigenvalue weighted by Crippen LogP contribution is 2.30. The van der Waals surface area contributed by atoms with E-state index in [0.717, 1.165) is 0 Å². The summed E-state index contributed by atoms with van der Waals surface area (Å²) >= 11 is 0. The van der Waals surface area contributed by atoms with E-state index in [-0.39, 0.29) is 29.3 Å². The molecule has 0 bridgehead atoms. The largest absolute Gasteiger partial charge is 0.494 e. The zero-order chi connectivity index (χ0) is 24.9. The van der Waals surface area contributed by atoms with Gasteiger partial charge in [-0.3, -0.25) is 0 Å². The summed E-state index contributed by atoms with van der Waals surface area (Å²) in [7, 11) is 0.217. The van der Waals surface area contributed by atoms with E-state index in [2.05, 4.69) is 0 Å². The van der Waals surface area contributed by atoms with Gasteiger partial charge in [0.15, 0.2) is 23.1 Å². The Kier molecular flexibility index (Phi) is 7.75. The first-order chi connectivity index (χ1) is 16.2. The Balaban J connectivity index is 2.02. The fraction of sp³-hybridized carbons (Fsp3) is 0.208. The number of rotatable bonds is 10. The third-order valence-corrected chi connectivity index (χ3v) is 6.93. The minimum atomic E-state index is -4.09. The molecular formula is C24H24FNO7S. The summed E-state index contributed by atoms with van der Waals surface area (Å²) < 4.78 is 57.9. The number of sulfonamides is 1. The predicted molar refractivity (Wildman–Crippen MR) is 122 cm³/mol. The SMILES string of the molecule is COc1ccc(CN(Cc2ccc(OC)c(OC)c2)S(=O)(=O)c2ccc(C(=O)O)cc2)cc1F. The van der Waals surface area contributed by atoms with Gasteiger partial charge in [-0.1, -0.05) is 12.1 Å². The minimum absolute atomic E-state index is 0.0392. The molecule has 0 spiro atoms. The molecular weight excluding hydrogens is 465 g/mol. The van der Waals surface area contributed by atoms with Crippen molar-refractivity contribution in [1.29, 1.82) is 0 Å². The van der Waals surface area contributed by atoms with Crippen LogP contribution in [0.4, 0.5) is 4.39 Å². The van der Waals surface area contributed by atoms with Crippen molar-refractivity contribution in [3.8, 4) is 17.2 Å². The molecule has 180 valence electrons. The van der Waals surface area contributed by atoms with E-state index in [1.807, 2.05) is 0 Å². The molecule has 3 aromatic rings. The van der Waals surface area contributed by atoms with Crippen LogP contribution in [0.25, 0.3) is 0 Å². The summed E-state index contributed by atoms with van der Waals surface area (Å²) in [6, 6.07) is 14.1. The van der Waals surface area contributed by atoms with Crippen molar-refractivity contribution < 1.29 is 36.9 Å². The summed E-state index contributed by atoms with van der Waals surface area (Å²) in [5.74, 6) is -0.822. The highest BCUT2D eigenvalue weighted by Gasteiger charge is 2.26. The van der Waals surface area contributed by atoms with Gasteiger partial charge in [0.1, 0.15) is 0 Å². The molecule has 0 aliphatic heterocycles. The van der Waals surface area contributed by atoms with Crippen molar-refractivity contribution >= 4 is 16.0 Å². The molecule has 0 unspecified atom stereocenters. The molecule has 1 N–H and O–H groups in total. The van der Waals surface area contributed by atoms with Crippen molar-refractivity contribution in [1.82, 2.24) is 4.31 Å². The van der Waals surface area contributed by atoms with Crippen LogP contribution >= 0.6 is 0 Å². The van der Waals surface area contributed by atoms with Gasteiger partial charge in [-0.05, 0) is 59.7 Å². The molecule has 0 radical (unpaired) electrons. The Morgan fingerprint density at radius 1 is 0.824 bits per heavy atom. The number of hydrogen-bond acceptors (Lipinski definition) is 6. The smallest absolute Gasteiger partial charge is 0.335 e. The van der Waals surface area contributed by atoms with Crippen molar-refractivity contribution in [2.75, 3.05) is 21.3 Å². The molecule has 34 heavy (non-hydrogen) atoms. The van der Waals surface area contributed by atoms with Gasteiger partial charge in [-0.2, -0.15) is 4.31 Å². The standard InChI is InChI=1S/C24H24FNO7S/c1-31-21-10-4-16(12-20(21)25)14-26(15-17-5-11-22(32-2)23(13-17)33-3)34(29,30)19-8-6-18(7-9-19)24(27)28/h4-13H,14-15H2,1-3H3,(H,27,28). The Hall–Kier alpha value is -3.63. The number of carboxylic acids is 1. The lowest BCUT2D eigenvalue weighted by atomic mass is 10.1. The van der Waals surface area contributed by atoms with Gasteiger partial charge in [0.05, 0.1) is 31.8 Å². The molecule has 0 heterocycles. The number of carbonyl (C=O) groups is 1. The second-order valence-electron chi connectivity index (χ2n) is 7.26. The Morgan fingerprint density at radius 2 is 1.35 bits per heavy atom. The van der Waals surface area contributed by atoms with Crippen LogP contribution in [-0.4, -0.2) is 45.1 Å². The minimum Gasteiger partial charge on any atom is -0.494 e. The number of nitrogens with zero attached hydrogens (tertiary/aromatic N) is 1. The van der Waals surface area contributed by atoms with Crippen molar-refractivity contribution in [3.63, 3.8) is 0 Å². The summed E-state index contributed by atoms with van der Waals surface area (Å²) in [5.41, 5.74) is 0.976. The highest BCUT2D eigenvalue weighted by atomic mass is 32.2. The van der Waals surface area contributed by atoms with Crippen LogP contribution in [0.5, 0.6) is 17.2 Å². The fourth-order valence-electron chi connectivity index (χ4n) is 3.34. The first-order valence-electron chi connectivity index (χ1n) is 10.1. The van der Waals surface area contributed by atoms with Crippen LogP contribution in [0.2, 0.25) is 0 Å². The summed E-state index contributed by atoms with van der Waals surface area (Å²) in [4.78, 5) is 11.1. The van der Waals surface area contributed by atoms with E-state index in [9.17, 15) is 17.6 Å². The summed E-state index contributed by atoms with van der Waals surface area (Å²) in [5, 5.41) is 9.11. The molecule has 3 aromatic carbocycles. The molecule has 3 rings (SSSR count). The van der Waals surface area contributed by atoms with E-state index in [4.69, 9.17) is 19.3 Å². The molecule has 0 amide bonds. The topological polar surface area (TPSA) is 102 Å². The highest BCUT2D eigenvalue weighted by molar-refractivity contribution is 7.89. The fourth-order valence-corrected chi connectivity index (χ4v) is 4.76. The van der Waals surface area contributed by atoms with Gasteiger partial charge in [0.25, 0.3) is 0 Å². The van der Waals surface area contributed by atoms with Crippen LogP contribution in [0.1, 0.15) is 21.5 Å². The second kappa shape index (κ2) is 10.5. The third-order valence-electron chi connectivity index (χ3n) is 5.12. The molecule has 0 saturated heterocycles. The lowest BCUT2D eigenvalue weighted by molar-refractivity contribution is 0.0696. The monoisotopic (exact) mass is 489 g/mol. The number of methoxy groups -OCH3 is 3. The van der Waals surface area contributed by atoms with E-state index < -0.39 is 21.8 Å². The maximum Gasteiger partial charge on any atom is 0.335 e. The molecule has 0 aliphatic carbocycles. The Morgan fingerprint density at radius 3 is 1.85 bits per heavy atom. The first kappa shape index (κ1) is 25.0. The van der Waals surface area contributed by atoms with Gasteiger partial charge < -0.3 is 19.3 Å². The normalized spacial score (nSPS) is 11.3. The predicted octanol–water partition coefficient (Wildman–Crippen LogP) is 3.94. The Labute approximate surface area is 197 Å². The molecule has 10 heteroatoms. The second-order valence-corrected chi connectivity index (χ2v) is 9.20. The third kappa shape index (κ3) is 5.46. The van der Waals surface area contributed by atoms with Crippen LogP contribution < -0.4 is 14.2 Å². The molecule has 0 saturated carbocycles. The number of halogens is 1. The zero-order valence-electron chi connectivity index (χ0n) is 18.8. The number of hydrogen-bond donors (Lipinski definition) is 1. The zero-order valence-corrected chi connectivity index (χ0v) is 19.6. The number of benzene rings is 3. The van der Waals surface area contributed by atoms with Crippen molar-refractivity contribution in [2.45, 2.75) is 18.0 Å². The molecule has 0 aliphatic rings. The van der Waals surface area contributed by atoms with Gasteiger partial charge in [-0.15, -0.1) is 0 Å². The molecule has 0 atom stereocenters. The number of ether oxygens (including phenoxy) is 3. The quantitative estimate of drug-likeness (QED) is 0.460. The summed E-state index contributed by atoms with van der Waals surface area (Å²) in [6.07, 6.45) is 0. The van der Waals surface area contributed by atoms with Gasteiger partial charge in [-0.25, -0.2) is 17.6 Å². The lowest BCUT2D eigenvalue weighted by Gasteiger charge is -2.23. The average Bonchev–Trinajstić information content (AvgIpc) is 2.83. The maximum absolute atomic E-state index is 14.3. The number of carboxylic acid groups (broad SMARTS) is 1. The van der Waals surface area contributed by atoms with E-state index in [0.29, 0.717) is 22.6 Å². The first-order valence-corrected chi connectivity index (χ1v) is 11.5. The Bertz CT molecular complexity index is 1280. The average molecular weight is 490 g/mol. The van der Waals surface area contributed by atoms with E-state index in [1.165, 1.54) is 62.0 Å². The van der Waals surface area contributed by atoms with Crippen molar-refractivity contribution in [3.05, 3.63) is 83.2 Å². The molecule has 8 nitrogen and oxygen atoms in total. The maximum atomic E-state index is 14.3. The molecule has 0 aromatic heterocycles. The molecule has 0 fully saturated rings. The van der Waals surface area contributed by atoms with Gasteiger partial charge >= 0.3 is 5.97 Å². The van der Waals surface area contributed by atoms with E-state index >= 15 is 0 Å². The van der Waals surface area contributed by atoms with Gasteiger partial charge in [0, 0.05) is 13.1 Å². The summed E-state index contributed by atoms with van der Waals surface area (Å²) in [6.45, 7) is -0.199. The van der Waals surface area contributed by atoms with Crippen molar-refractivity contribution in [2.24, 2.45) is 0 Å². The van der Waals surface area contributed by atoms with Gasteiger partial charge in [0.2, 0.25) is 10.0 Å². The van der Waals surface area contributed by atoms with Crippen LogP contribution in [-0.2, 0) is 23.1 Å². The van der Waals surface area contributed by atoms with E-state index in [1.54, 1.807) is 24.3 Å². The van der Waals surface area contributed by atoms with Crippen LogP contribution in [0, 0.1) is 5.82 Å².